The summed E-state index contributed by atoms with van der Waals surface area (Å²) >= 11 is 0. The number of hydrogen-bond donors (Lipinski definition) is 2. The second-order valence-corrected chi connectivity index (χ2v) is 4.54. The number of hydrogen-bond acceptors (Lipinski definition) is 4. The maximum absolute atomic E-state index is 8.30. The van der Waals surface area contributed by atoms with Crippen molar-refractivity contribution in [2.75, 3.05) is 13.2 Å². The predicted octanol–water partition coefficient (Wildman–Crippen LogP) is 2.14. The number of nitrogens with two attached hydrogens (primary N) is 1. The second-order valence-electron chi connectivity index (χ2n) is 4.54. The summed E-state index contributed by atoms with van der Waals surface area (Å²) in [7, 11) is 0. The topological polar surface area (TPSA) is 72.0 Å². The summed E-state index contributed by atoms with van der Waals surface area (Å²) in [6, 6.07) is 5.79. The van der Waals surface area contributed by atoms with Gasteiger partial charge in [0.05, 0.1) is 5.69 Å². The molecule has 18 heavy (non-hydrogen) atoms. The van der Waals surface area contributed by atoms with E-state index in [4.69, 9.17) is 15.9 Å². The van der Waals surface area contributed by atoms with Crippen LogP contribution in [-0.2, 0) is 4.74 Å². The Balaban J connectivity index is 2.21. The van der Waals surface area contributed by atoms with E-state index in [0.29, 0.717) is 5.71 Å². The Bertz CT molecular complexity index is 462. The van der Waals surface area contributed by atoms with Gasteiger partial charge in [0.25, 0.3) is 0 Å². The molecular formula is C14H19N3O. The maximum atomic E-state index is 8.30. The van der Waals surface area contributed by atoms with Crippen LogP contribution in [0.2, 0.25) is 0 Å². The van der Waals surface area contributed by atoms with Gasteiger partial charge in [0.1, 0.15) is 0 Å². The molecule has 0 unspecified atom stereocenters. The largest absolute Gasteiger partial charge is 0.404 e. The molecule has 4 heteroatoms. The Labute approximate surface area is 107 Å². The average molecular weight is 245 g/mol. The highest BCUT2D eigenvalue weighted by Crippen LogP contribution is 2.24. The molecule has 1 aromatic rings. The molecule has 96 valence electrons. The third-order valence-corrected chi connectivity index (χ3v) is 3.25. The third kappa shape index (κ3) is 2.76. The van der Waals surface area contributed by atoms with Crippen molar-refractivity contribution in [2.45, 2.75) is 19.8 Å². The lowest BCUT2D eigenvalue weighted by Gasteiger charge is -2.23. The fourth-order valence-corrected chi connectivity index (χ4v) is 2.21. The van der Waals surface area contributed by atoms with Crippen molar-refractivity contribution in [1.82, 2.24) is 4.98 Å². The molecule has 0 aromatic carbocycles. The van der Waals surface area contributed by atoms with E-state index in [-0.39, 0.29) is 5.92 Å². The molecule has 1 aromatic heterocycles. The smallest absolute Gasteiger partial charge is 0.0737 e. The molecule has 0 aliphatic carbocycles. The van der Waals surface area contributed by atoms with Crippen molar-refractivity contribution in [2.24, 2.45) is 11.7 Å². The van der Waals surface area contributed by atoms with Crippen LogP contribution in [0.15, 0.2) is 24.4 Å². The molecule has 0 saturated carbocycles. The highest BCUT2D eigenvalue weighted by molar-refractivity contribution is 6.22. The zero-order chi connectivity index (χ0) is 13.0. The summed E-state index contributed by atoms with van der Waals surface area (Å²) in [5, 5.41) is 8.30. The number of pyridine rings is 1. The Morgan fingerprint density at radius 3 is 2.78 bits per heavy atom. The van der Waals surface area contributed by atoms with Crippen LogP contribution < -0.4 is 5.73 Å². The normalized spacial score (nSPS) is 17.7. The van der Waals surface area contributed by atoms with Crippen molar-refractivity contribution in [3.8, 4) is 0 Å². The van der Waals surface area contributed by atoms with Crippen LogP contribution in [0.1, 0.15) is 24.2 Å². The van der Waals surface area contributed by atoms with Crippen molar-refractivity contribution in [3.63, 3.8) is 0 Å². The van der Waals surface area contributed by atoms with E-state index in [9.17, 15) is 0 Å². The van der Waals surface area contributed by atoms with Crippen molar-refractivity contribution < 1.29 is 4.74 Å². The molecule has 0 spiro atoms. The average Bonchev–Trinajstić information content (AvgIpc) is 2.40. The van der Waals surface area contributed by atoms with Gasteiger partial charge in [-0.15, -0.1) is 0 Å². The summed E-state index contributed by atoms with van der Waals surface area (Å²) in [4.78, 5) is 4.44. The fraction of sp³-hybridized carbons (Fsp3) is 0.429. The van der Waals surface area contributed by atoms with E-state index in [2.05, 4.69) is 4.98 Å². The van der Waals surface area contributed by atoms with E-state index in [0.717, 1.165) is 43.0 Å². The first kappa shape index (κ1) is 12.8. The lowest BCUT2D eigenvalue weighted by molar-refractivity contribution is 0.0829. The van der Waals surface area contributed by atoms with Gasteiger partial charge in [0, 0.05) is 42.3 Å². The van der Waals surface area contributed by atoms with Gasteiger partial charge in [-0.2, -0.15) is 0 Å². The van der Waals surface area contributed by atoms with Crippen LogP contribution in [0.3, 0.4) is 0 Å². The Morgan fingerprint density at radius 2 is 2.17 bits per heavy atom. The monoisotopic (exact) mass is 245 g/mol. The highest BCUT2D eigenvalue weighted by Gasteiger charge is 2.22. The maximum Gasteiger partial charge on any atom is 0.0737 e. The van der Waals surface area contributed by atoms with E-state index in [1.807, 2.05) is 25.1 Å². The van der Waals surface area contributed by atoms with E-state index >= 15 is 0 Å². The number of rotatable bonds is 3. The molecule has 1 aliphatic heterocycles. The van der Waals surface area contributed by atoms with Gasteiger partial charge in [-0.05, 0) is 31.9 Å². The van der Waals surface area contributed by atoms with Crippen LogP contribution in [0, 0.1) is 18.3 Å². The van der Waals surface area contributed by atoms with E-state index in [1.165, 1.54) is 6.20 Å². The molecule has 3 N–H and O–H groups in total. The molecule has 1 aliphatic rings. The standard InChI is InChI=1S/C14H19N3O/c1-10-3-2-4-13(17-10)12(9-15)14(16)11-5-7-18-8-6-11/h2-4,9,11,16H,5-8,15H2,1H3/b12-9-,16-14?. The van der Waals surface area contributed by atoms with Gasteiger partial charge in [-0.3, -0.25) is 4.98 Å². The van der Waals surface area contributed by atoms with Gasteiger partial charge < -0.3 is 15.9 Å². The second kappa shape index (κ2) is 5.78. The minimum absolute atomic E-state index is 0.232. The molecule has 0 atom stereocenters. The number of allylic oxidation sites excluding steroid dienone is 1. The zero-order valence-corrected chi connectivity index (χ0v) is 10.6. The van der Waals surface area contributed by atoms with Crippen molar-refractivity contribution in [3.05, 3.63) is 35.8 Å². The number of nitrogens with zero attached hydrogens (tertiary/aromatic N) is 1. The number of aromatic nitrogens is 1. The molecule has 0 bridgehead atoms. The van der Waals surface area contributed by atoms with Gasteiger partial charge in [0.2, 0.25) is 0 Å². The molecule has 0 radical (unpaired) electrons. The number of nitrogens with one attached hydrogen (secondary N) is 1. The summed E-state index contributed by atoms with van der Waals surface area (Å²) in [6.45, 7) is 3.40. The van der Waals surface area contributed by atoms with Crippen molar-refractivity contribution >= 4 is 11.3 Å². The van der Waals surface area contributed by atoms with Gasteiger partial charge >= 0.3 is 0 Å². The molecule has 1 saturated heterocycles. The highest BCUT2D eigenvalue weighted by atomic mass is 16.5. The van der Waals surface area contributed by atoms with Crippen LogP contribution in [0.5, 0.6) is 0 Å². The number of ether oxygens (including phenoxy) is 1. The molecule has 0 amide bonds. The molecule has 1 fully saturated rings. The first-order valence-corrected chi connectivity index (χ1v) is 6.25. The van der Waals surface area contributed by atoms with Crippen LogP contribution in [0.25, 0.3) is 5.57 Å². The lowest BCUT2D eigenvalue weighted by atomic mass is 9.89. The molecule has 4 nitrogen and oxygen atoms in total. The summed E-state index contributed by atoms with van der Waals surface area (Å²) in [5.41, 5.74) is 8.73. The van der Waals surface area contributed by atoms with Gasteiger partial charge in [-0.25, -0.2) is 0 Å². The SMILES string of the molecule is Cc1cccc(/C(=C/N)C(=N)C2CCOCC2)n1. The van der Waals surface area contributed by atoms with Crippen LogP contribution >= 0.6 is 0 Å². The fourth-order valence-electron chi connectivity index (χ4n) is 2.21. The third-order valence-electron chi connectivity index (χ3n) is 3.25. The number of aryl methyl sites for hydroxylation is 1. The van der Waals surface area contributed by atoms with Crippen molar-refractivity contribution in [1.29, 1.82) is 5.41 Å². The predicted molar refractivity (Wildman–Crippen MR) is 72.4 cm³/mol. The van der Waals surface area contributed by atoms with Gasteiger partial charge in [-0.1, -0.05) is 6.07 Å². The summed E-state index contributed by atoms with van der Waals surface area (Å²) < 4.78 is 5.33. The van der Waals surface area contributed by atoms with E-state index in [1.54, 1.807) is 0 Å². The van der Waals surface area contributed by atoms with E-state index < -0.39 is 0 Å². The Hall–Kier alpha value is -1.68. The van der Waals surface area contributed by atoms with Crippen LogP contribution in [0.4, 0.5) is 0 Å². The van der Waals surface area contributed by atoms with Gasteiger partial charge in [0.15, 0.2) is 0 Å². The molecular weight excluding hydrogens is 226 g/mol. The first-order chi connectivity index (χ1) is 8.72. The quantitative estimate of drug-likeness (QED) is 0.801. The van der Waals surface area contributed by atoms with Crippen LogP contribution in [-0.4, -0.2) is 23.9 Å². The Kier molecular flexibility index (Phi) is 4.10. The Morgan fingerprint density at radius 1 is 1.44 bits per heavy atom. The minimum Gasteiger partial charge on any atom is -0.404 e. The summed E-state index contributed by atoms with van der Waals surface area (Å²) in [6.07, 6.45) is 3.28. The molecule has 2 heterocycles. The molecule has 2 rings (SSSR count). The zero-order valence-electron chi connectivity index (χ0n) is 10.6. The first-order valence-electron chi connectivity index (χ1n) is 6.25. The lowest BCUT2D eigenvalue weighted by Crippen LogP contribution is -2.24. The minimum atomic E-state index is 0.232. The summed E-state index contributed by atoms with van der Waals surface area (Å²) in [5.74, 6) is 0.232.